The smallest absolute Gasteiger partial charge is 0.387 e. The van der Waals surface area contributed by atoms with Crippen molar-refractivity contribution < 1.29 is 56.9 Å². The van der Waals surface area contributed by atoms with Crippen molar-refractivity contribution in [2.75, 3.05) is 31.3 Å². The number of imidazole rings is 3. The molecule has 0 saturated carbocycles. The fourth-order valence-corrected chi connectivity index (χ4v) is 8.09. The number of ether oxygens (including phenoxy) is 3. The number of nitrogen functional groups attached to an aromatic ring is 2. The molecule has 3 aliphatic heterocycles. The van der Waals surface area contributed by atoms with Gasteiger partial charge in [0.15, 0.2) is 35.1 Å². The Bertz CT molecular complexity index is 2270. The van der Waals surface area contributed by atoms with Gasteiger partial charge >= 0.3 is 15.6 Å². The topological polar surface area (TPSA) is 347 Å². The Morgan fingerprint density at radius 2 is 1.76 bits per heavy atom. The number of nitrogens with one attached hydrogen (secondary N) is 1. The van der Waals surface area contributed by atoms with E-state index in [9.17, 15) is 33.9 Å². The number of hydrogen-bond acceptors (Lipinski definition) is 19. The maximum atomic E-state index is 13.5. The van der Waals surface area contributed by atoms with Crippen molar-refractivity contribution in [2.24, 2.45) is 0 Å². The van der Waals surface area contributed by atoms with Crippen molar-refractivity contribution in [3.8, 4) is 0 Å². The van der Waals surface area contributed by atoms with Crippen LogP contribution >= 0.6 is 15.6 Å². The second kappa shape index (κ2) is 12.2. The molecule has 9 N–H and O–H groups in total. The molecule has 3 fully saturated rings. The third-order valence-corrected chi connectivity index (χ3v) is 10.9. The zero-order valence-corrected chi connectivity index (χ0v) is 27.5. The number of H-pyrrole nitrogens is 1. The summed E-state index contributed by atoms with van der Waals surface area (Å²) in [6, 6.07) is 0. The Kier molecular flexibility index (Phi) is 8.10. The number of aliphatic hydroxyl groups is 2. The average Bonchev–Trinajstić information content (AvgIpc) is 3.94. The van der Waals surface area contributed by atoms with Crippen molar-refractivity contribution in [3.63, 3.8) is 0 Å². The highest BCUT2D eigenvalue weighted by Gasteiger charge is 2.66. The number of nitrogens with zero attached hydrogens (tertiary/aromatic N) is 9. The minimum absolute atomic E-state index is 0.0516. The van der Waals surface area contributed by atoms with E-state index >= 15 is 0 Å². The molecule has 0 radical (unpaired) electrons. The number of aromatic amines is 1. The van der Waals surface area contributed by atoms with Crippen LogP contribution in [-0.2, 0) is 36.9 Å². The largest absolute Gasteiger partial charge is 0.472 e. The molecule has 25 nitrogen and oxygen atoms in total. The van der Waals surface area contributed by atoms with Gasteiger partial charge in [-0.25, -0.2) is 38.4 Å². The van der Waals surface area contributed by atoms with Crippen molar-refractivity contribution in [2.45, 2.75) is 48.6 Å². The average molecular weight is 755 g/mol. The normalized spacial score (nSPS) is 31.4. The number of phosphoric ester groups is 1. The number of phosphoric acid groups is 1. The molecule has 5 aromatic heterocycles. The first-order valence-corrected chi connectivity index (χ1v) is 17.9. The van der Waals surface area contributed by atoms with Crippen LogP contribution in [0.2, 0.25) is 0 Å². The first kappa shape index (κ1) is 33.9. The Labute approximate surface area is 282 Å². The summed E-state index contributed by atoms with van der Waals surface area (Å²) in [4.78, 5) is 60.0. The predicted octanol–water partition coefficient (Wildman–Crippen LogP) is -2.23. The van der Waals surface area contributed by atoms with Crippen LogP contribution in [0.3, 0.4) is 0 Å². The summed E-state index contributed by atoms with van der Waals surface area (Å²) in [7, 11) is -9.66. The number of anilines is 2. The number of nitrogens with two attached hydrogens (primary N) is 2. The Balaban J connectivity index is 1.02. The third-order valence-electron chi connectivity index (χ3n) is 8.60. The second-order valence-electron chi connectivity index (χ2n) is 11.8. The molecule has 0 spiro atoms. The van der Waals surface area contributed by atoms with Gasteiger partial charge in [0.05, 0.1) is 32.5 Å². The molecule has 0 aliphatic carbocycles. The van der Waals surface area contributed by atoms with Crippen molar-refractivity contribution in [1.82, 2.24) is 48.4 Å². The van der Waals surface area contributed by atoms with Crippen LogP contribution in [0, 0.1) is 0 Å². The molecule has 8 rings (SSSR count). The van der Waals surface area contributed by atoms with E-state index in [1.54, 1.807) is 0 Å². The maximum absolute atomic E-state index is 13.5. The summed E-state index contributed by atoms with van der Waals surface area (Å²) in [5.41, 5.74) is 9.44. The summed E-state index contributed by atoms with van der Waals surface area (Å²) in [5, 5.41) is 21.5. The van der Waals surface area contributed by atoms with Crippen LogP contribution in [-0.4, -0.2) is 124 Å². The SMILES string of the molecule is Nc1nc2c(ncn2[C@@H]2O[C@H](COP(=O)(O)OC3[C@@H]4OC[C@]3(COP(=O)(O)n3ccnc3)O[C@H]4n3cnc4c(N)ncnc43)C(O)[C@@H]2O)c(=O)[nH]1. The number of fused-ring (bicyclic) bond motifs is 4. The van der Waals surface area contributed by atoms with Crippen LogP contribution < -0.4 is 17.0 Å². The maximum Gasteiger partial charge on any atom is 0.472 e. The van der Waals surface area contributed by atoms with Crippen LogP contribution in [0.4, 0.5) is 11.8 Å². The van der Waals surface area contributed by atoms with Gasteiger partial charge in [0.25, 0.3) is 5.56 Å². The highest BCUT2D eigenvalue weighted by molar-refractivity contribution is 7.51. The van der Waals surface area contributed by atoms with Crippen molar-refractivity contribution in [3.05, 3.63) is 48.1 Å². The van der Waals surface area contributed by atoms with Gasteiger partial charge < -0.3 is 45.7 Å². The molecular weight excluding hydrogens is 726 g/mol. The van der Waals surface area contributed by atoms with Gasteiger partial charge in [-0.15, -0.1) is 0 Å². The third kappa shape index (κ3) is 5.72. The van der Waals surface area contributed by atoms with Gasteiger partial charge in [0.2, 0.25) is 5.95 Å². The molecule has 3 saturated heterocycles. The van der Waals surface area contributed by atoms with Crippen molar-refractivity contribution in [1.29, 1.82) is 0 Å². The van der Waals surface area contributed by atoms with Crippen LogP contribution in [0.15, 0.2) is 42.5 Å². The Hall–Kier alpha value is -4.23. The van der Waals surface area contributed by atoms with Crippen molar-refractivity contribution >= 4 is 49.7 Å². The summed E-state index contributed by atoms with van der Waals surface area (Å²) in [5.74, 6) is -0.163. The lowest BCUT2D eigenvalue weighted by molar-refractivity contribution is -0.183. The molecule has 0 amide bonds. The number of rotatable bonds is 11. The zero-order chi connectivity index (χ0) is 35.9. The molecule has 272 valence electrons. The molecule has 51 heavy (non-hydrogen) atoms. The fraction of sp³-hybridized carbons (Fsp3) is 0.458. The fourth-order valence-electron chi connectivity index (χ4n) is 6.16. The highest BCUT2D eigenvalue weighted by Crippen LogP contribution is 2.56. The molecule has 10 atom stereocenters. The number of hydrogen-bond donors (Lipinski definition) is 7. The first-order chi connectivity index (χ1) is 24.3. The number of aromatic nitrogens is 10. The number of aliphatic hydroxyl groups excluding tert-OH is 2. The predicted molar refractivity (Wildman–Crippen MR) is 165 cm³/mol. The zero-order valence-electron chi connectivity index (χ0n) is 25.7. The summed E-state index contributed by atoms with van der Waals surface area (Å²) >= 11 is 0. The van der Waals surface area contributed by atoms with Crippen LogP contribution in [0.5, 0.6) is 0 Å². The molecule has 5 aromatic rings. The highest BCUT2D eigenvalue weighted by atomic mass is 31.2. The van der Waals surface area contributed by atoms with Gasteiger partial charge in [-0.2, -0.15) is 4.98 Å². The lowest BCUT2D eigenvalue weighted by atomic mass is 10.0. The van der Waals surface area contributed by atoms with Gasteiger partial charge in [0.1, 0.15) is 54.3 Å². The first-order valence-electron chi connectivity index (χ1n) is 14.9. The molecule has 2 bridgehead atoms. The van der Waals surface area contributed by atoms with Crippen LogP contribution in [0.1, 0.15) is 12.5 Å². The molecule has 8 heterocycles. The Morgan fingerprint density at radius 1 is 1.00 bits per heavy atom. The quantitative estimate of drug-likeness (QED) is 0.0702. The van der Waals surface area contributed by atoms with E-state index in [4.69, 9.17) is 39.2 Å². The summed E-state index contributed by atoms with van der Waals surface area (Å²) in [6.45, 7) is -1.78. The molecule has 4 unspecified atom stereocenters. The molecule has 3 aliphatic rings. The summed E-state index contributed by atoms with van der Waals surface area (Å²) < 4.78 is 64.1. The Morgan fingerprint density at radius 3 is 2.53 bits per heavy atom. The van der Waals surface area contributed by atoms with Gasteiger partial charge in [-0.3, -0.25) is 32.5 Å². The molecule has 0 aromatic carbocycles. The van der Waals surface area contributed by atoms with E-state index in [2.05, 4.69) is 34.9 Å². The van der Waals surface area contributed by atoms with E-state index in [0.29, 0.717) is 0 Å². The van der Waals surface area contributed by atoms with E-state index in [-0.39, 0.29) is 40.7 Å². The van der Waals surface area contributed by atoms with E-state index < -0.39 is 82.9 Å². The van der Waals surface area contributed by atoms with Gasteiger partial charge in [-0.1, -0.05) is 0 Å². The minimum Gasteiger partial charge on any atom is -0.387 e. The minimum atomic E-state index is -5.12. The standard InChI is InChI=1S/C24H28N12O13P2/c25-17-11-18(29-6-28-17)35(8-30-11)22-15-16(24(48-22,4-44-15)5-46-50(40,41)34-2-1-27-7-34)49-51(42,43)45-3-10-13(37)14(38)21(47-10)36-9-31-12-19(36)32-23(26)33-20(12)39/h1-2,6-10,13-16,21-22,37-38H,3-5H2,(H,40,41)(H,42,43)(H2,25,28,29)(H3,26,32,33,39)/t10-,13?,14+,15+,16?,21-,22-,24-/m1/s1. The van der Waals surface area contributed by atoms with E-state index in [1.807, 2.05) is 0 Å². The monoisotopic (exact) mass is 754 g/mol. The lowest BCUT2D eigenvalue weighted by Crippen LogP contribution is -2.46. The second-order valence-corrected chi connectivity index (χ2v) is 14.9. The molecule has 27 heteroatoms. The van der Waals surface area contributed by atoms with Gasteiger partial charge in [-0.05, 0) is 0 Å². The van der Waals surface area contributed by atoms with E-state index in [1.165, 1.54) is 34.2 Å². The summed E-state index contributed by atoms with van der Waals surface area (Å²) in [6.07, 6.45) is -2.59. The lowest BCUT2D eigenvalue weighted by Gasteiger charge is -2.32. The van der Waals surface area contributed by atoms with E-state index in [0.717, 1.165) is 17.0 Å². The van der Waals surface area contributed by atoms with Gasteiger partial charge in [0, 0.05) is 12.4 Å². The van der Waals surface area contributed by atoms with Crippen LogP contribution in [0.25, 0.3) is 22.3 Å². The molecular formula is C24H28N12O13P2.